The van der Waals surface area contributed by atoms with Crippen LogP contribution < -0.4 is 0 Å². The van der Waals surface area contributed by atoms with Crippen molar-refractivity contribution < 1.29 is 15.3 Å². The van der Waals surface area contributed by atoms with Crippen molar-refractivity contribution in [1.82, 2.24) is 0 Å². The summed E-state index contributed by atoms with van der Waals surface area (Å²) in [4.78, 5) is 0. The van der Waals surface area contributed by atoms with E-state index in [4.69, 9.17) is 11.2 Å². The molecular formula is C9H20ClO3P. The maximum absolute atomic E-state index is 9.39. The Bertz CT molecular complexity index is 179. The Morgan fingerprint density at radius 3 is 1.71 bits per heavy atom. The van der Waals surface area contributed by atoms with Crippen LogP contribution in [0.1, 0.15) is 32.1 Å². The number of aliphatic hydroxyl groups excluding tert-OH is 3. The number of hydrogen-bond donors (Lipinski definition) is 3. The van der Waals surface area contributed by atoms with Crippen molar-refractivity contribution in [3.8, 4) is 0 Å². The van der Waals surface area contributed by atoms with Crippen LogP contribution in [0.4, 0.5) is 0 Å². The molecular weight excluding hydrogens is 223 g/mol. The Hall–Kier alpha value is 0.600. The van der Waals surface area contributed by atoms with Gasteiger partial charge >= 0.3 is 89.3 Å². The Morgan fingerprint density at radius 2 is 1.36 bits per heavy atom. The molecule has 0 atom stereocenters. The van der Waals surface area contributed by atoms with Crippen LogP contribution in [0.25, 0.3) is 0 Å². The molecule has 0 spiro atoms. The summed E-state index contributed by atoms with van der Waals surface area (Å²) in [5, 5.41) is 28.2. The van der Waals surface area contributed by atoms with Crippen LogP contribution in [0.3, 0.4) is 0 Å². The van der Waals surface area contributed by atoms with Crippen molar-refractivity contribution in [3.05, 3.63) is 0 Å². The Kier molecular flexibility index (Phi) is 4.19. The molecule has 1 fully saturated rings. The van der Waals surface area contributed by atoms with Crippen molar-refractivity contribution in [1.29, 1.82) is 0 Å². The van der Waals surface area contributed by atoms with Gasteiger partial charge < -0.3 is 0 Å². The first-order chi connectivity index (χ1) is 6.59. The summed E-state index contributed by atoms with van der Waals surface area (Å²) < 4.78 is 0. The van der Waals surface area contributed by atoms with Crippen molar-refractivity contribution in [2.75, 3.05) is 19.0 Å². The summed E-state index contributed by atoms with van der Waals surface area (Å²) >= 11 is 6.41. The van der Waals surface area contributed by atoms with Crippen LogP contribution in [0, 0.1) is 0 Å². The van der Waals surface area contributed by atoms with Gasteiger partial charge in [-0.3, -0.25) is 0 Å². The molecule has 1 aliphatic rings. The third-order valence-corrected chi connectivity index (χ3v) is 9.64. The second-order valence-corrected chi connectivity index (χ2v) is 12.1. The molecule has 14 heavy (non-hydrogen) atoms. The quantitative estimate of drug-likeness (QED) is 0.660. The third kappa shape index (κ3) is 2.07. The molecule has 3 N–H and O–H groups in total. The van der Waals surface area contributed by atoms with Crippen molar-refractivity contribution in [2.24, 2.45) is 0 Å². The molecule has 0 aliphatic heterocycles. The van der Waals surface area contributed by atoms with E-state index in [-0.39, 0.29) is 24.7 Å². The molecule has 1 rings (SSSR count). The number of halogens is 1. The first-order valence-electron chi connectivity index (χ1n) is 5.14. The Labute approximate surface area is 89.8 Å². The van der Waals surface area contributed by atoms with Crippen LogP contribution >= 0.6 is 17.2 Å². The van der Waals surface area contributed by atoms with Gasteiger partial charge in [0, 0.05) is 0 Å². The fourth-order valence-electron chi connectivity index (χ4n) is 2.21. The van der Waals surface area contributed by atoms with Crippen LogP contribution in [0.15, 0.2) is 0 Å². The summed E-state index contributed by atoms with van der Waals surface area (Å²) in [6.07, 6.45) is 4.51. The van der Waals surface area contributed by atoms with E-state index in [1.807, 2.05) is 0 Å². The second-order valence-electron chi connectivity index (χ2n) is 4.39. The van der Waals surface area contributed by atoms with E-state index in [0.717, 1.165) is 25.7 Å². The molecule has 1 aliphatic carbocycles. The Balaban J connectivity index is 2.84. The van der Waals surface area contributed by atoms with Gasteiger partial charge in [0.1, 0.15) is 0 Å². The topological polar surface area (TPSA) is 60.7 Å². The molecule has 0 saturated heterocycles. The summed E-state index contributed by atoms with van der Waals surface area (Å²) in [6.45, 7) is 0. The number of aliphatic hydroxyl groups is 3. The van der Waals surface area contributed by atoms with E-state index in [9.17, 15) is 15.3 Å². The van der Waals surface area contributed by atoms with Gasteiger partial charge in [0.15, 0.2) is 0 Å². The molecule has 86 valence electrons. The molecule has 0 unspecified atom stereocenters. The third-order valence-electron chi connectivity index (χ3n) is 3.49. The van der Waals surface area contributed by atoms with Crippen molar-refractivity contribution in [2.45, 2.75) is 37.8 Å². The fourth-order valence-corrected chi connectivity index (χ4v) is 5.41. The standard InChI is InChI=1S/C9H20ClO3P/c10-14(6-11,7-12,8-13)9-4-2-1-3-5-9/h9,11-13H,1-8H2. The molecule has 3 nitrogen and oxygen atoms in total. The molecule has 1 saturated carbocycles. The molecule has 0 amide bonds. The zero-order chi connectivity index (χ0) is 10.7. The SMILES string of the molecule is OCP(Cl)(CO)(CO)C1CCCCC1. The molecule has 0 bridgehead atoms. The fraction of sp³-hybridized carbons (Fsp3) is 1.00. The monoisotopic (exact) mass is 242 g/mol. The zero-order valence-corrected chi connectivity index (χ0v) is 10.1. The average Bonchev–Trinajstić information content (AvgIpc) is 2.30. The molecule has 0 aromatic carbocycles. The second kappa shape index (κ2) is 4.63. The minimum absolute atomic E-state index is 0.136. The first kappa shape index (κ1) is 12.7. The summed E-state index contributed by atoms with van der Waals surface area (Å²) in [5.74, 6) is -3.15. The molecule has 0 radical (unpaired) electrons. The minimum atomic E-state index is -3.15. The van der Waals surface area contributed by atoms with E-state index in [1.54, 1.807) is 0 Å². The number of hydrogen-bond acceptors (Lipinski definition) is 3. The zero-order valence-electron chi connectivity index (χ0n) is 8.40. The van der Waals surface area contributed by atoms with Gasteiger partial charge in [-0.15, -0.1) is 0 Å². The van der Waals surface area contributed by atoms with E-state index < -0.39 is 5.96 Å². The average molecular weight is 243 g/mol. The van der Waals surface area contributed by atoms with Crippen LogP contribution in [0.5, 0.6) is 0 Å². The van der Waals surface area contributed by atoms with E-state index in [1.165, 1.54) is 6.42 Å². The predicted molar refractivity (Wildman–Crippen MR) is 60.9 cm³/mol. The first-order valence-corrected chi connectivity index (χ1v) is 8.91. The van der Waals surface area contributed by atoms with Gasteiger partial charge in [-0.1, -0.05) is 0 Å². The van der Waals surface area contributed by atoms with Gasteiger partial charge in [-0.25, -0.2) is 0 Å². The van der Waals surface area contributed by atoms with Gasteiger partial charge in [0.05, 0.1) is 0 Å². The van der Waals surface area contributed by atoms with Gasteiger partial charge in [0.25, 0.3) is 0 Å². The van der Waals surface area contributed by atoms with Crippen LogP contribution in [-0.2, 0) is 0 Å². The summed E-state index contributed by atoms with van der Waals surface area (Å²) in [6, 6.07) is 0. The summed E-state index contributed by atoms with van der Waals surface area (Å²) in [7, 11) is 0. The predicted octanol–water partition coefficient (Wildman–Crippen LogP) is 1.88. The molecule has 5 heteroatoms. The summed E-state index contributed by atoms with van der Waals surface area (Å²) in [5.41, 5.74) is 0.136. The van der Waals surface area contributed by atoms with Gasteiger partial charge in [0.2, 0.25) is 0 Å². The molecule has 0 aromatic heterocycles. The normalized spacial score (nSPS) is 23.0. The van der Waals surface area contributed by atoms with Gasteiger partial charge in [-0.05, 0) is 0 Å². The maximum atomic E-state index is 9.39. The van der Waals surface area contributed by atoms with Crippen LogP contribution in [-0.4, -0.2) is 40.0 Å². The van der Waals surface area contributed by atoms with Crippen molar-refractivity contribution >= 4 is 17.2 Å². The van der Waals surface area contributed by atoms with Gasteiger partial charge in [-0.2, -0.15) is 0 Å². The molecule has 0 aromatic rings. The Morgan fingerprint density at radius 1 is 0.929 bits per heavy atom. The number of rotatable bonds is 4. The van der Waals surface area contributed by atoms with E-state index >= 15 is 0 Å². The van der Waals surface area contributed by atoms with Crippen LogP contribution in [0.2, 0.25) is 0 Å². The molecule has 0 heterocycles. The van der Waals surface area contributed by atoms with E-state index in [0.29, 0.717) is 0 Å². The van der Waals surface area contributed by atoms with E-state index in [2.05, 4.69) is 0 Å². The van der Waals surface area contributed by atoms with Crippen molar-refractivity contribution in [3.63, 3.8) is 0 Å².